The highest BCUT2D eigenvalue weighted by atomic mass is 19.4. The molecule has 166 valence electrons. The number of likely N-dealkylation sites (N-methyl/N-ethyl adjacent to an activating group) is 1. The Bertz CT molecular complexity index is 936. The molecule has 2 fully saturated rings. The zero-order valence-corrected chi connectivity index (χ0v) is 17.5. The van der Waals surface area contributed by atoms with E-state index >= 15 is 0 Å². The summed E-state index contributed by atoms with van der Waals surface area (Å²) in [6, 6.07) is 15.1. The van der Waals surface area contributed by atoms with Crippen LogP contribution in [-0.2, 0) is 10.3 Å². The van der Waals surface area contributed by atoms with Crippen LogP contribution in [0.5, 0.6) is 0 Å². The molecule has 0 radical (unpaired) electrons. The van der Waals surface area contributed by atoms with Crippen LogP contribution in [0.4, 0.5) is 24.5 Å². The first-order chi connectivity index (χ1) is 14.8. The van der Waals surface area contributed by atoms with Crippen LogP contribution in [0.15, 0.2) is 48.5 Å². The Labute approximate surface area is 180 Å². The van der Waals surface area contributed by atoms with E-state index in [-0.39, 0.29) is 13.0 Å². The van der Waals surface area contributed by atoms with E-state index < -0.39 is 17.6 Å². The number of halogens is 3. The van der Waals surface area contributed by atoms with Gasteiger partial charge in [-0.2, -0.15) is 13.2 Å². The minimum atomic E-state index is -4.23. The smallest absolute Gasteiger partial charge is 0.393 e. The maximum atomic E-state index is 13.4. The predicted octanol–water partition coefficient (Wildman–Crippen LogP) is 3.30. The van der Waals surface area contributed by atoms with Crippen molar-refractivity contribution in [2.75, 3.05) is 50.4 Å². The second-order valence-corrected chi connectivity index (χ2v) is 8.51. The van der Waals surface area contributed by atoms with Gasteiger partial charge in [0.15, 0.2) is 0 Å². The van der Waals surface area contributed by atoms with Crippen molar-refractivity contribution in [2.45, 2.75) is 18.1 Å². The number of rotatable bonds is 4. The molecule has 2 aromatic carbocycles. The lowest BCUT2D eigenvalue weighted by atomic mass is 9.78. The second kappa shape index (κ2) is 8.07. The van der Waals surface area contributed by atoms with Gasteiger partial charge in [0.25, 0.3) is 0 Å². The first kappa shape index (κ1) is 21.5. The number of carbonyl (C=O) groups is 1. The van der Waals surface area contributed by atoms with E-state index in [0.717, 1.165) is 24.1 Å². The molecule has 2 heterocycles. The molecule has 2 saturated heterocycles. The molecule has 8 heteroatoms. The molecule has 5 nitrogen and oxygen atoms in total. The molecule has 2 aliphatic heterocycles. The Kier molecular flexibility index (Phi) is 5.60. The summed E-state index contributed by atoms with van der Waals surface area (Å²) in [4.78, 5) is 17.9. The monoisotopic (exact) mass is 432 g/mol. The lowest BCUT2D eigenvalue weighted by Gasteiger charge is -2.50. The molecular weight excluding hydrogens is 405 g/mol. The van der Waals surface area contributed by atoms with E-state index in [1.165, 1.54) is 0 Å². The SMILES string of the molecule is CN1CCN(C=O)C(c2ccccc2)(c2ccc(N)cc2N2CCC(C(F)(F)F)C2)C1. The number of nitrogen functional groups attached to an aromatic ring is 1. The Hall–Kier alpha value is -2.74. The quantitative estimate of drug-likeness (QED) is 0.595. The van der Waals surface area contributed by atoms with Gasteiger partial charge in [-0.3, -0.25) is 4.79 Å². The first-order valence-corrected chi connectivity index (χ1v) is 10.4. The summed E-state index contributed by atoms with van der Waals surface area (Å²) in [5.74, 6) is -1.37. The first-order valence-electron chi connectivity index (χ1n) is 10.4. The molecule has 0 bridgehead atoms. The zero-order chi connectivity index (χ0) is 22.2. The van der Waals surface area contributed by atoms with Crippen LogP contribution in [-0.4, -0.2) is 62.2 Å². The lowest BCUT2D eigenvalue weighted by Crippen LogP contribution is -2.59. The van der Waals surface area contributed by atoms with Crippen molar-refractivity contribution in [3.8, 4) is 0 Å². The van der Waals surface area contributed by atoms with Gasteiger partial charge in [-0.1, -0.05) is 36.4 Å². The van der Waals surface area contributed by atoms with E-state index in [4.69, 9.17) is 5.73 Å². The third-order valence-electron chi connectivity index (χ3n) is 6.55. The van der Waals surface area contributed by atoms with Crippen molar-refractivity contribution >= 4 is 17.8 Å². The van der Waals surface area contributed by atoms with Gasteiger partial charge in [0.2, 0.25) is 6.41 Å². The highest BCUT2D eigenvalue weighted by Crippen LogP contribution is 2.45. The summed E-state index contributed by atoms with van der Waals surface area (Å²) in [6.07, 6.45) is -3.33. The predicted molar refractivity (Wildman–Crippen MR) is 115 cm³/mol. The van der Waals surface area contributed by atoms with Crippen molar-refractivity contribution in [3.63, 3.8) is 0 Å². The number of piperazine rings is 1. The Morgan fingerprint density at radius 2 is 1.84 bits per heavy atom. The maximum Gasteiger partial charge on any atom is 0.393 e. The van der Waals surface area contributed by atoms with Crippen molar-refractivity contribution in [2.24, 2.45) is 5.92 Å². The summed E-state index contributed by atoms with van der Waals surface area (Å²) in [7, 11) is 1.99. The largest absolute Gasteiger partial charge is 0.399 e. The van der Waals surface area contributed by atoms with Crippen LogP contribution in [0.2, 0.25) is 0 Å². The highest BCUT2D eigenvalue weighted by Gasteiger charge is 2.48. The molecule has 2 unspecified atom stereocenters. The van der Waals surface area contributed by atoms with Crippen LogP contribution >= 0.6 is 0 Å². The number of hydrogen-bond donors (Lipinski definition) is 1. The summed E-state index contributed by atoms with van der Waals surface area (Å²) < 4.78 is 40.1. The third kappa shape index (κ3) is 3.84. The van der Waals surface area contributed by atoms with Gasteiger partial charge >= 0.3 is 6.18 Å². The number of benzene rings is 2. The van der Waals surface area contributed by atoms with E-state index in [1.54, 1.807) is 21.9 Å². The minimum Gasteiger partial charge on any atom is -0.399 e. The fraction of sp³-hybridized carbons (Fsp3) is 0.435. The van der Waals surface area contributed by atoms with Gasteiger partial charge in [0, 0.05) is 49.7 Å². The molecule has 4 rings (SSSR count). The van der Waals surface area contributed by atoms with E-state index in [9.17, 15) is 18.0 Å². The van der Waals surface area contributed by atoms with Gasteiger partial charge in [0.05, 0.1) is 5.92 Å². The number of hydrogen-bond acceptors (Lipinski definition) is 4. The standard InChI is InChI=1S/C23H27F3N4O/c1-28-11-12-30(16-31)22(15-28,17-5-3-2-4-6-17)20-8-7-19(27)13-21(20)29-10-9-18(14-29)23(24,25)26/h2-8,13,16,18H,9-12,14-15,27H2,1H3. The molecule has 2 N–H and O–H groups in total. The van der Waals surface area contributed by atoms with Crippen LogP contribution in [0.3, 0.4) is 0 Å². The zero-order valence-electron chi connectivity index (χ0n) is 17.5. The van der Waals surface area contributed by atoms with Crippen LogP contribution in [0.25, 0.3) is 0 Å². The molecular formula is C23H27F3N4O. The van der Waals surface area contributed by atoms with Crippen molar-refractivity contribution in [1.29, 1.82) is 0 Å². The minimum absolute atomic E-state index is 0.0490. The summed E-state index contributed by atoms with van der Waals surface area (Å²) >= 11 is 0. The Balaban J connectivity index is 1.88. The molecule has 2 atom stereocenters. The van der Waals surface area contributed by atoms with Gasteiger partial charge in [0.1, 0.15) is 5.54 Å². The van der Waals surface area contributed by atoms with E-state index in [2.05, 4.69) is 4.90 Å². The van der Waals surface area contributed by atoms with Gasteiger partial charge in [-0.15, -0.1) is 0 Å². The topological polar surface area (TPSA) is 52.8 Å². The summed E-state index contributed by atoms with van der Waals surface area (Å²) in [5.41, 5.74) is 8.13. The number of anilines is 2. The number of nitrogens with zero attached hydrogens (tertiary/aromatic N) is 3. The van der Waals surface area contributed by atoms with Crippen molar-refractivity contribution in [3.05, 3.63) is 59.7 Å². The van der Waals surface area contributed by atoms with E-state index in [1.807, 2.05) is 43.4 Å². The molecule has 31 heavy (non-hydrogen) atoms. The number of nitrogens with two attached hydrogens (primary N) is 1. The second-order valence-electron chi connectivity index (χ2n) is 8.51. The third-order valence-corrected chi connectivity index (χ3v) is 6.55. The molecule has 0 aromatic heterocycles. The fourth-order valence-electron chi connectivity index (χ4n) is 4.95. The average molecular weight is 432 g/mol. The van der Waals surface area contributed by atoms with Gasteiger partial charge in [-0.25, -0.2) is 0 Å². The normalized spacial score (nSPS) is 25.1. The Morgan fingerprint density at radius 1 is 1.10 bits per heavy atom. The number of carbonyl (C=O) groups excluding carboxylic acids is 1. The van der Waals surface area contributed by atoms with Crippen molar-refractivity contribution in [1.82, 2.24) is 9.80 Å². The molecule has 0 saturated carbocycles. The highest BCUT2D eigenvalue weighted by molar-refractivity contribution is 5.68. The summed E-state index contributed by atoms with van der Waals surface area (Å²) in [6.45, 7) is 1.95. The molecule has 0 spiro atoms. The maximum absolute atomic E-state index is 13.4. The van der Waals surface area contributed by atoms with Crippen LogP contribution in [0.1, 0.15) is 17.5 Å². The van der Waals surface area contributed by atoms with Crippen LogP contribution in [0, 0.1) is 5.92 Å². The lowest BCUT2D eigenvalue weighted by molar-refractivity contribution is -0.168. The molecule has 0 aliphatic carbocycles. The average Bonchev–Trinajstić information content (AvgIpc) is 3.25. The Morgan fingerprint density at radius 3 is 2.48 bits per heavy atom. The molecule has 2 aliphatic rings. The molecule has 2 aromatic rings. The number of amides is 1. The van der Waals surface area contributed by atoms with Gasteiger partial charge < -0.3 is 20.4 Å². The van der Waals surface area contributed by atoms with Crippen LogP contribution < -0.4 is 10.6 Å². The number of alkyl halides is 3. The van der Waals surface area contributed by atoms with Gasteiger partial charge in [-0.05, 0) is 31.2 Å². The summed E-state index contributed by atoms with van der Waals surface area (Å²) in [5, 5.41) is 0. The fourth-order valence-corrected chi connectivity index (χ4v) is 4.95. The molecule has 1 amide bonds. The van der Waals surface area contributed by atoms with Crippen molar-refractivity contribution < 1.29 is 18.0 Å². The van der Waals surface area contributed by atoms with E-state index in [0.29, 0.717) is 31.0 Å².